The number of ether oxygens (including phenoxy) is 2. The predicted octanol–water partition coefficient (Wildman–Crippen LogP) is 3.05. The fourth-order valence-electron chi connectivity index (χ4n) is 4.56. The molecule has 1 fully saturated rings. The number of benzene rings is 2. The molecule has 7 nitrogen and oxygen atoms in total. The van der Waals surface area contributed by atoms with E-state index in [1.54, 1.807) is 37.3 Å². The van der Waals surface area contributed by atoms with Crippen molar-refractivity contribution >= 4 is 17.5 Å². The summed E-state index contributed by atoms with van der Waals surface area (Å²) in [7, 11) is 3.08. The van der Waals surface area contributed by atoms with E-state index < -0.39 is 5.66 Å². The maximum absolute atomic E-state index is 13.9. The molecule has 0 unspecified atom stereocenters. The standard InChI is InChI=1S/C23H26FN3O4/c1-4-27-20-13-16(24)5-6-19(20)21(28)25-23(27)7-9-26(10-8-23)22(29)15-11-17(30-2)14-18(12-15)31-3/h5-6,11-14H,4,7-10H2,1-3H3,(H,25,28). The number of rotatable bonds is 4. The highest BCUT2D eigenvalue weighted by Crippen LogP contribution is 2.38. The summed E-state index contributed by atoms with van der Waals surface area (Å²) in [5.74, 6) is 0.389. The molecule has 2 aromatic rings. The third-order valence-corrected chi connectivity index (χ3v) is 6.15. The van der Waals surface area contributed by atoms with E-state index in [2.05, 4.69) is 5.32 Å². The Morgan fingerprint density at radius 3 is 2.32 bits per heavy atom. The average Bonchev–Trinajstić information content (AvgIpc) is 2.78. The van der Waals surface area contributed by atoms with Crippen molar-refractivity contribution in [3.8, 4) is 11.5 Å². The Morgan fingerprint density at radius 1 is 1.10 bits per heavy atom. The van der Waals surface area contributed by atoms with Crippen LogP contribution in [0.4, 0.5) is 10.1 Å². The van der Waals surface area contributed by atoms with E-state index in [-0.39, 0.29) is 17.6 Å². The van der Waals surface area contributed by atoms with Crippen molar-refractivity contribution in [1.29, 1.82) is 0 Å². The number of methoxy groups -OCH3 is 2. The van der Waals surface area contributed by atoms with E-state index in [4.69, 9.17) is 9.47 Å². The summed E-state index contributed by atoms with van der Waals surface area (Å²) in [6, 6.07) is 9.33. The molecule has 2 aromatic carbocycles. The molecular formula is C23H26FN3O4. The Balaban J connectivity index is 1.56. The summed E-state index contributed by atoms with van der Waals surface area (Å²) in [6.45, 7) is 3.51. The van der Waals surface area contributed by atoms with Gasteiger partial charge in [0.2, 0.25) is 0 Å². The summed E-state index contributed by atoms with van der Waals surface area (Å²) >= 11 is 0. The highest BCUT2D eigenvalue weighted by Gasteiger charge is 2.46. The number of carbonyl (C=O) groups excluding carboxylic acids is 2. The molecule has 2 amide bonds. The molecular weight excluding hydrogens is 401 g/mol. The van der Waals surface area contributed by atoms with Crippen LogP contribution in [0.1, 0.15) is 40.5 Å². The Kier molecular flexibility index (Phi) is 5.47. The second-order valence-electron chi connectivity index (χ2n) is 7.78. The van der Waals surface area contributed by atoms with Crippen molar-refractivity contribution in [2.24, 2.45) is 0 Å². The first-order valence-corrected chi connectivity index (χ1v) is 10.3. The average molecular weight is 427 g/mol. The minimum atomic E-state index is -0.643. The first kappa shape index (κ1) is 21.0. The van der Waals surface area contributed by atoms with Crippen molar-refractivity contribution < 1.29 is 23.5 Å². The zero-order chi connectivity index (χ0) is 22.2. The van der Waals surface area contributed by atoms with E-state index >= 15 is 0 Å². The van der Waals surface area contributed by atoms with Crippen LogP contribution in [0.2, 0.25) is 0 Å². The number of hydrogen-bond donors (Lipinski definition) is 1. The molecule has 2 aliphatic heterocycles. The van der Waals surface area contributed by atoms with Crippen LogP contribution in [0.25, 0.3) is 0 Å². The Hall–Kier alpha value is -3.29. The SMILES string of the molecule is CCN1c2cc(F)ccc2C(=O)NC12CCN(C(=O)c1cc(OC)cc(OC)c1)CC2. The fourth-order valence-corrected chi connectivity index (χ4v) is 4.56. The van der Waals surface area contributed by atoms with Gasteiger partial charge in [-0.15, -0.1) is 0 Å². The lowest BCUT2D eigenvalue weighted by molar-refractivity contribution is 0.0603. The number of amides is 2. The number of fused-ring (bicyclic) bond motifs is 1. The first-order chi connectivity index (χ1) is 14.9. The number of piperidine rings is 1. The highest BCUT2D eigenvalue weighted by molar-refractivity contribution is 6.02. The van der Waals surface area contributed by atoms with Gasteiger partial charge < -0.3 is 24.6 Å². The molecule has 4 rings (SSSR count). The van der Waals surface area contributed by atoms with Gasteiger partial charge >= 0.3 is 0 Å². The Labute approximate surface area is 180 Å². The minimum absolute atomic E-state index is 0.122. The largest absolute Gasteiger partial charge is 0.497 e. The van der Waals surface area contributed by atoms with E-state index in [0.29, 0.717) is 60.8 Å². The zero-order valence-corrected chi connectivity index (χ0v) is 17.9. The minimum Gasteiger partial charge on any atom is -0.497 e. The molecule has 2 aliphatic rings. The molecule has 0 aliphatic carbocycles. The topological polar surface area (TPSA) is 71.1 Å². The van der Waals surface area contributed by atoms with Gasteiger partial charge in [0.25, 0.3) is 11.8 Å². The van der Waals surface area contributed by atoms with Gasteiger partial charge in [0.15, 0.2) is 0 Å². The van der Waals surface area contributed by atoms with Crippen LogP contribution < -0.4 is 19.7 Å². The van der Waals surface area contributed by atoms with Gasteiger partial charge in [0, 0.05) is 44.1 Å². The van der Waals surface area contributed by atoms with Gasteiger partial charge in [-0.2, -0.15) is 0 Å². The summed E-state index contributed by atoms with van der Waals surface area (Å²) in [6.07, 6.45) is 1.07. The van der Waals surface area contributed by atoms with Crippen molar-refractivity contribution in [3.63, 3.8) is 0 Å². The molecule has 164 valence electrons. The summed E-state index contributed by atoms with van der Waals surface area (Å²) < 4.78 is 24.5. The third kappa shape index (κ3) is 3.66. The lowest BCUT2D eigenvalue weighted by atomic mass is 9.89. The van der Waals surface area contributed by atoms with Crippen molar-refractivity contribution in [1.82, 2.24) is 10.2 Å². The number of nitrogens with zero attached hydrogens (tertiary/aromatic N) is 2. The molecule has 1 saturated heterocycles. The number of nitrogens with one attached hydrogen (secondary N) is 1. The van der Waals surface area contributed by atoms with Crippen LogP contribution in [0.15, 0.2) is 36.4 Å². The Bertz CT molecular complexity index is 996. The van der Waals surface area contributed by atoms with E-state index in [1.807, 2.05) is 11.8 Å². The second kappa shape index (κ2) is 8.09. The normalized spacial score (nSPS) is 17.2. The second-order valence-corrected chi connectivity index (χ2v) is 7.78. The summed E-state index contributed by atoms with van der Waals surface area (Å²) in [5.41, 5.74) is 0.911. The zero-order valence-electron chi connectivity index (χ0n) is 17.9. The maximum atomic E-state index is 13.9. The number of carbonyl (C=O) groups is 2. The fraction of sp³-hybridized carbons (Fsp3) is 0.391. The highest BCUT2D eigenvalue weighted by atomic mass is 19.1. The monoisotopic (exact) mass is 427 g/mol. The number of hydrogen-bond acceptors (Lipinski definition) is 5. The van der Waals surface area contributed by atoms with Gasteiger partial charge in [-0.25, -0.2) is 4.39 Å². The van der Waals surface area contributed by atoms with Gasteiger partial charge in [0.05, 0.1) is 25.5 Å². The van der Waals surface area contributed by atoms with Crippen LogP contribution in [0.3, 0.4) is 0 Å². The predicted molar refractivity (Wildman–Crippen MR) is 114 cm³/mol. The molecule has 1 N–H and O–H groups in total. The van der Waals surface area contributed by atoms with E-state index in [1.165, 1.54) is 18.2 Å². The Morgan fingerprint density at radius 2 is 1.74 bits per heavy atom. The van der Waals surface area contributed by atoms with Crippen molar-refractivity contribution in [3.05, 3.63) is 53.3 Å². The molecule has 0 radical (unpaired) electrons. The molecule has 0 bridgehead atoms. The van der Waals surface area contributed by atoms with Gasteiger partial charge in [-0.3, -0.25) is 9.59 Å². The van der Waals surface area contributed by atoms with Crippen molar-refractivity contribution in [2.45, 2.75) is 25.4 Å². The lowest BCUT2D eigenvalue weighted by Gasteiger charge is -2.52. The van der Waals surface area contributed by atoms with Gasteiger partial charge in [-0.05, 0) is 37.3 Å². The van der Waals surface area contributed by atoms with Crippen LogP contribution in [0, 0.1) is 5.82 Å². The van der Waals surface area contributed by atoms with Gasteiger partial charge in [-0.1, -0.05) is 0 Å². The van der Waals surface area contributed by atoms with E-state index in [0.717, 1.165) is 0 Å². The number of likely N-dealkylation sites (tertiary alicyclic amines) is 1. The summed E-state index contributed by atoms with van der Waals surface area (Å²) in [5, 5.41) is 3.13. The first-order valence-electron chi connectivity index (χ1n) is 10.3. The quantitative estimate of drug-likeness (QED) is 0.812. The van der Waals surface area contributed by atoms with Crippen molar-refractivity contribution in [2.75, 3.05) is 38.8 Å². The van der Waals surface area contributed by atoms with Crippen LogP contribution in [-0.4, -0.2) is 56.2 Å². The summed E-state index contributed by atoms with van der Waals surface area (Å²) in [4.78, 5) is 29.7. The molecule has 1 spiro atoms. The maximum Gasteiger partial charge on any atom is 0.255 e. The molecule has 0 aromatic heterocycles. The molecule has 8 heteroatoms. The molecule has 0 atom stereocenters. The third-order valence-electron chi connectivity index (χ3n) is 6.15. The molecule has 31 heavy (non-hydrogen) atoms. The van der Waals surface area contributed by atoms with E-state index in [9.17, 15) is 14.0 Å². The molecule has 2 heterocycles. The number of halogens is 1. The lowest BCUT2D eigenvalue weighted by Crippen LogP contribution is -2.68. The smallest absolute Gasteiger partial charge is 0.255 e. The van der Waals surface area contributed by atoms with Crippen LogP contribution in [-0.2, 0) is 0 Å². The van der Waals surface area contributed by atoms with Crippen LogP contribution >= 0.6 is 0 Å². The van der Waals surface area contributed by atoms with Gasteiger partial charge in [0.1, 0.15) is 23.0 Å². The number of anilines is 1. The molecule has 0 saturated carbocycles. The van der Waals surface area contributed by atoms with Crippen LogP contribution in [0.5, 0.6) is 11.5 Å².